The highest BCUT2D eigenvalue weighted by molar-refractivity contribution is 14.0. The lowest BCUT2D eigenvalue weighted by atomic mass is 9.99. The molecule has 0 amide bonds. The van der Waals surface area contributed by atoms with Crippen LogP contribution in [0.4, 0.5) is 0 Å². The minimum Gasteiger partial charge on any atom is -0.493 e. The summed E-state index contributed by atoms with van der Waals surface area (Å²) < 4.78 is 13.1. The molecule has 2 aromatic rings. The van der Waals surface area contributed by atoms with Gasteiger partial charge in [-0.05, 0) is 42.5 Å². The first-order valence-corrected chi connectivity index (χ1v) is 9.83. The molecule has 8 nitrogen and oxygen atoms in total. The molecular weight excluding hydrogens is 483 g/mol. The summed E-state index contributed by atoms with van der Waals surface area (Å²) in [6.07, 6.45) is 4.36. The molecule has 1 aromatic heterocycles. The van der Waals surface area contributed by atoms with Crippen molar-refractivity contribution in [1.29, 1.82) is 0 Å². The number of methoxy groups -OCH3 is 2. The maximum absolute atomic E-state index is 5.47. The molecule has 0 atom stereocenters. The number of rotatable bonds is 4. The van der Waals surface area contributed by atoms with Gasteiger partial charge < -0.3 is 24.3 Å². The first-order valence-electron chi connectivity index (χ1n) is 9.83. The van der Waals surface area contributed by atoms with Crippen LogP contribution in [0, 0.1) is 0 Å². The zero-order valence-corrected chi connectivity index (χ0v) is 19.6. The van der Waals surface area contributed by atoms with Gasteiger partial charge in [-0.15, -0.1) is 34.2 Å². The number of aliphatic imine (C=N–C) groups is 1. The number of halogens is 1. The number of hydrogen-bond donors (Lipinski definition) is 1. The van der Waals surface area contributed by atoms with E-state index in [1.165, 1.54) is 24.0 Å². The van der Waals surface area contributed by atoms with E-state index in [1.54, 1.807) is 14.2 Å². The van der Waals surface area contributed by atoms with Gasteiger partial charge >= 0.3 is 0 Å². The molecule has 4 rings (SSSR count). The van der Waals surface area contributed by atoms with Gasteiger partial charge in [0.05, 0.1) is 20.8 Å². The first-order chi connectivity index (χ1) is 13.7. The van der Waals surface area contributed by atoms with Crippen LogP contribution in [0.3, 0.4) is 0 Å². The standard InChI is InChI=1S/C20H28N6O2.HI/c1-21-20(22-12-19-24-23-18-6-4-5-8-26(18)19)25-9-7-14-10-16(27-2)17(28-3)11-15(14)13-25;/h10-11H,4-9,12-13H2,1-3H3,(H,21,22);1H. The number of nitrogens with zero attached hydrogens (tertiary/aromatic N) is 5. The van der Waals surface area contributed by atoms with Gasteiger partial charge in [0.25, 0.3) is 0 Å². The van der Waals surface area contributed by atoms with Crippen LogP contribution in [0.25, 0.3) is 0 Å². The van der Waals surface area contributed by atoms with E-state index in [4.69, 9.17) is 9.47 Å². The number of guanidine groups is 1. The van der Waals surface area contributed by atoms with Crippen LogP contribution in [0.5, 0.6) is 11.5 Å². The molecular formula is C20H29IN6O2. The predicted octanol–water partition coefficient (Wildman–Crippen LogP) is 2.38. The molecule has 1 aromatic carbocycles. The number of hydrogen-bond acceptors (Lipinski definition) is 5. The van der Waals surface area contributed by atoms with Crippen LogP contribution < -0.4 is 14.8 Å². The number of aromatic nitrogens is 3. The van der Waals surface area contributed by atoms with E-state index < -0.39 is 0 Å². The Balaban J connectivity index is 0.00000240. The Morgan fingerprint density at radius 3 is 2.55 bits per heavy atom. The highest BCUT2D eigenvalue weighted by Crippen LogP contribution is 2.33. The van der Waals surface area contributed by atoms with Crippen molar-refractivity contribution in [3.05, 3.63) is 34.9 Å². The van der Waals surface area contributed by atoms with Crippen LogP contribution in [0.2, 0.25) is 0 Å². The SMILES string of the molecule is CN=C(NCc1nnc2n1CCCC2)N1CCc2cc(OC)c(OC)cc2C1.I. The Labute approximate surface area is 188 Å². The highest BCUT2D eigenvalue weighted by atomic mass is 127. The molecule has 2 aliphatic heterocycles. The zero-order valence-electron chi connectivity index (χ0n) is 17.3. The van der Waals surface area contributed by atoms with Crippen molar-refractivity contribution in [3.8, 4) is 11.5 Å². The van der Waals surface area contributed by atoms with Gasteiger partial charge in [0, 0.05) is 33.1 Å². The smallest absolute Gasteiger partial charge is 0.194 e. The summed E-state index contributed by atoms with van der Waals surface area (Å²) in [5.41, 5.74) is 2.54. The highest BCUT2D eigenvalue weighted by Gasteiger charge is 2.22. The number of aryl methyl sites for hydroxylation is 1. The van der Waals surface area contributed by atoms with Crippen LogP contribution in [-0.2, 0) is 32.5 Å². The lowest BCUT2D eigenvalue weighted by Gasteiger charge is -2.32. The number of nitrogens with one attached hydrogen (secondary N) is 1. The van der Waals surface area contributed by atoms with Crippen LogP contribution in [0.15, 0.2) is 17.1 Å². The minimum absolute atomic E-state index is 0. The number of fused-ring (bicyclic) bond motifs is 2. The Morgan fingerprint density at radius 2 is 1.83 bits per heavy atom. The average Bonchev–Trinajstić information content (AvgIpc) is 3.16. The third-order valence-corrected chi connectivity index (χ3v) is 5.57. The summed E-state index contributed by atoms with van der Waals surface area (Å²) in [5, 5.41) is 12.2. The van der Waals surface area contributed by atoms with Crippen LogP contribution in [0.1, 0.15) is 35.6 Å². The van der Waals surface area contributed by atoms with Gasteiger partial charge in [0.1, 0.15) is 5.82 Å². The van der Waals surface area contributed by atoms with Crippen molar-refractivity contribution >= 4 is 29.9 Å². The molecule has 29 heavy (non-hydrogen) atoms. The fraction of sp³-hybridized carbons (Fsp3) is 0.550. The average molecular weight is 512 g/mol. The zero-order chi connectivity index (χ0) is 19.5. The van der Waals surface area contributed by atoms with E-state index in [1.807, 2.05) is 7.05 Å². The van der Waals surface area contributed by atoms with Crippen molar-refractivity contribution in [2.45, 2.75) is 45.3 Å². The van der Waals surface area contributed by atoms with Crippen LogP contribution in [-0.4, -0.2) is 53.4 Å². The lowest BCUT2D eigenvalue weighted by molar-refractivity contribution is 0.345. The summed E-state index contributed by atoms with van der Waals surface area (Å²) in [6, 6.07) is 4.16. The van der Waals surface area contributed by atoms with Gasteiger partial charge in [0.15, 0.2) is 23.3 Å². The van der Waals surface area contributed by atoms with E-state index in [9.17, 15) is 0 Å². The minimum atomic E-state index is 0. The van der Waals surface area contributed by atoms with Crippen molar-refractivity contribution in [2.24, 2.45) is 4.99 Å². The Kier molecular flexibility index (Phi) is 7.20. The number of benzene rings is 1. The molecule has 0 saturated carbocycles. The molecule has 0 saturated heterocycles. The Morgan fingerprint density at radius 1 is 1.07 bits per heavy atom. The molecule has 0 unspecified atom stereocenters. The molecule has 2 aliphatic rings. The molecule has 158 valence electrons. The van der Waals surface area contributed by atoms with Crippen molar-refractivity contribution < 1.29 is 9.47 Å². The quantitative estimate of drug-likeness (QED) is 0.385. The molecule has 1 N–H and O–H groups in total. The third kappa shape index (κ3) is 4.44. The lowest BCUT2D eigenvalue weighted by Crippen LogP contribution is -2.44. The van der Waals surface area contributed by atoms with Gasteiger partial charge in [0.2, 0.25) is 0 Å². The van der Waals surface area contributed by atoms with Gasteiger partial charge in [-0.25, -0.2) is 0 Å². The molecule has 0 fully saturated rings. The van der Waals surface area contributed by atoms with Gasteiger partial charge in [-0.1, -0.05) is 0 Å². The summed E-state index contributed by atoms with van der Waals surface area (Å²) in [5.74, 6) is 4.52. The molecule has 0 spiro atoms. The molecule has 0 radical (unpaired) electrons. The second-order valence-corrected chi connectivity index (χ2v) is 7.19. The molecule has 3 heterocycles. The monoisotopic (exact) mass is 512 g/mol. The van der Waals surface area contributed by atoms with Crippen molar-refractivity contribution in [2.75, 3.05) is 27.8 Å². The summed E-state index contributed by atoms with van der Waals surface area (Å²) in [6.45, 7) is 3.33. The van der Waals surface area contributed by atoms with Gasteiger partial charge in [-0.3, -0.25) is 4.99 Å². The summed E-state index contributed by atoms with van der Waals surface area (Å²) in [7, 11) is 5.17. The fourth-order valence-corrected chi connectivity index (χ4v) is 4.05. The molecule has 9 heteroatoms. The first kappa shape index (κ1) is 21.7. The van der Waals surface area contributed by atoms with E-state index in [-0.39, 0.29) is 24.0 Å². The largest absolute Gasteiger partial charge is 0.493 e. The second kappa shape index (κ2) is 9.64. The second-order valence-electron chi connectivity index (χ2n) is 7.19. The van der Waals surface area contributed by atoms with E-state index in [2.05, 4.69) is 42.1 Å². The maximum Gasteiger partial charge on any atom is 0.194 e. The van der Waals surface area contributed by atoms with E-state index >= 15 is 0 Å². The summed E-state index contributed by atoms with van der Waals surface area (Å²) >= 11 is 0. The fourth-order valence-electron chi connectivity index (χ4n) is 4.05. The maximum atomic E-state index is 5.47. The van der Waals surface area contributed by atoms with E-state index in [0.29, 0.717) is 6.54 Å². The van der Waals surface area contributed by atoms with E-state index in [0.717, 1.165) is 61.6 Å². The van der Waals surface area contributed by atoms with Crippen molar-refractivity contribution in [3.63, 3.8) is 0 Å². The normalized spacial score (nSPS) is 15.8. The molecule has 0 aliphatic carbocycles. The predicted molar refractivity (Wildman–Crippen MR) is 122 cm³/mol. The molecule has 0 bridgehead atoms. The van der Waals surface area contributed by atoms with Gasteiger partial charge in [-0.2, -0.15) is 0 Å². The van der Waals surface area contributed by atoms with Crippen LogP contribution >= 0.6 is 24.0 Å². The summed E-state index contributed by atoms with van der Waals surface area (Å²) in [4.78, 5) is 6.76. The topological polar surface area (TPSA) is 76.8 Å². The Bertz CT molecular complexity index is 882. The third-order valence-electron chi connectivity index (χ3n) is 5.57. The Hall–Kier alpha value is -2.04. The van der Waals surface area contributed by atoms with Crippen molar-refractivity contribution in [1.82, 2.24) is 25.0 Å². The number of ether oxygens (including phenoxy) is 2.